The van der Waals surface area contributed by atoms with Crippen LogP contribution in [0.2, 0.25) is 0 Å². The number of nitrogens with one attached hydrogen (secondary N) is 1. The van der Waals surface area contributed by atoms with E-state index in [4.69, 9.17) is 0 Å². The fraction of sp³-hybridized carbons (Fsp3) is 0.733. The van der Waals surface area contributed by atoms with E-state index in [1.54, 1.807) is 6.20 Å². The highest BCUT2D eigenvalue weighted by atomic mass is 79.9. The van der Waals surface area contributed by atoms with Crippen LogP contribution in [0.25, 0.3) is 0 Å². The summed E-state index contributed by atoms with van der Waals surface area (Å²) < 4.78 is 2.12. The summed E-state index contributed by atoms with van der Waals surface area (Å²) in [5.74, 6) is 0. The van der Waals surface area contributed by atoms with Crippen molar-refractivity contribution in [1.82, 2.24) is 9.78 Å². The number of nitrogens with zero attached hydrogens (tertiary/aromatic N) is 2. The molecule has 1 heterocycles. The van der Waals surface area contributed by atoms with Crippen LogP contribution in [0.1, 0.15) is 52.9 Å². The van der Waals surface area contributed by atoms with Crippen molar-refractivity contribution >= 4 is 21.6 Å². The molecule has 4 nitrogen and oxygen atoms in total. The SMILES string of the molecule is CCCn1ncc(NC2CCC(C)(C)CC2)c(Br)c1=O. The molecule has 0 atom stereocenters. The van der Waals surface area contributed by atoms with Gasteiger partial charge in [0.05, 0.1) is 11.9 Å². The molecular formula is C15H24BrN3O. The van der Waals surface area contributed by atoms with Crippen molar-refractivity contribution in [2.75, 3.05) is 5.32 Å². The number of aromatic nitrogens is 2. The summed E-state index contributed by atoms with van der Waals surface area (Å²) in [6.45, 7) is 7.35. The smallest absolute Gasteiger partial charge is 0.283 e. The summed E-state index contributed by atoms with van der Waals surface area (Å²) in [4.78, 5) is 12.1. The van der Waals surface area contributed by atoms with Gasteiger partial charge in [0.15, 0.2) is 0 Å². The van der Waals surface area contributed by atoms with Gasteiger partial charge in [0, 0.05) is 12.6 Å². The molecule has 1 aliphatic rings. The molecule has 5 heteroatoms. The summed E-state index contributed by atoms with van der Waals surface area (Å²) in [6, 6.07) is 0.447. The normalized spacial score (nSPS) is 19.0. The van der Waals surface area contributed by atoms with E-state index in [0.29, 0.717) is 22.5 Å². The van der Waals surface area contributed by atoms with E-state index >= 15 is 0 Å². The van der Waals surface area contributed by atoms with Crippen molar-refractivity contribution in [2.24, 2.45) is 5.41 Å². The Labute approximate surface area is 129 Å². The lowest BCUT2D eigenvalue weighted by Gasteiger charge is -2.35. The van der Waals surface area contributed by atoms with E-state index in [-0.39, 0.29) is 5.56 Å². The number of aryl methyl sites for hydroxylation is 1. The molecule has 0 radical (unpaired) electrons. The van der Waals surface area contributed by atoms with Gasteiger partial charge in [-0.25, -0.2) is 4.68 Å². The standard InChI is InChI=1S/C15H24BrN3O/c1-4-9-19-14(20)13(16)12(10-17-19)18-11-5-7-15(2,3)8-6-11/h10-11,18H,4-9H2,1-3H3. The van der Waals surface area contributed by atoms with Crippen LogP contribution < -0.4 is 10.9 Å². The predicted octanol–water partition coefficient (Wildman–Crippen LogP) is 3.80. The molecule has 1 aromatic rings. The predicted molar refractivity (Wildman–Crippen MR) is 86.1 cm³/mol. The number of anilines is 1. The van der Waals surface area contributed by atoms with Gasteiger partial charge in [-0.15, -0.1) is 0 Å². The van der Waals surface area contributed by atoms with E-state index in [1.807, 2.05) is 6.92 Å². The van der Waals surface area contributed by atoms with Crippen molar-refractivity contribution in [3.8, 4) is 0 Å². The molecule has 0 aromatic carbocycles. The molecule has 1 N–H and O–H groups in total. The topological polar surface area (TPSA) is 46.9 Å². The minimum atomic E-state index is -0.0482. The molecule has 0 spiro atoms. The summed E-state index contributed by atoms with van der Waals surface area (Å²) in [5, 5.41) is 7.71. The Morgan fingerprint density at radius 3 is 2.70 bits per heavy atom. The highest BCUT2D eigenvalue weighted by Crippen LogP contribution is 2.36. The summed E-state index contributed by atoms with van der Waals surface area (Å²) in [7, 11) is 0. The van der Waals surface area contributed by atoms with Gasteiger partial charge in [-0.3, -0.25) is 4.79 Å². The summed E-state index contributed by atoms with van der Waals surface area (Å²) in [6.07, 6.45) is 7.42. The maximum absolute atomic E-state index is 12.1. The Morgan fingerprint density at radius 2 is 2.10 bits per heavy atom. The Bertz CT molecular complexity index is 514. The van der Waals surface area contributed by atoms with Gasteiger partial charge in [-0.1, -0.05) is 20.8 Å². The zero-order valence-corrected chi connectivity index (χ0v) is 14.2. The van der Waals surface area contributed by atoms with Gasteiger partial charge < -0.3 is 5.32 Å². The number of halogens is 1. The van der Waals surface area contributed by atoms with E-state index < -0.39 is 0 Å². The molecule has 0 unspecified atom stereocenters. The van der Waals surface area contributed by atoms with Gasteiger partial charge in [-0.2, -0.15) is 5.10 Å². The molecule has 1 aliphatic carbocycles. The fourth-order valence-electron chi connectivity index (χ4n) is 2.70. The molecule has 1 aromatic heterocycles. The second-order valence-electron chi connectivity index (χ2n) is 6.48. The maximum Gasteiger partial charge on any atom is 0.283 e. The Morgan fingerprint density at radius 1 is 1.45 bits per heavy atom. The third-order valence-corrected chi connectivity index (χ3v) is 4.89. The van der Waals surface area contributed by atoms with E-state index in [9.17, 15) is 4.79 Å². The maximum atomic E-state index is 12.1. The van der Waals surface area contributed by atoms with Gasteiger partial charge in [0.1, 0.15) is 4.47 Å². The summed E-state index contributed by atoms with van der Waals surface area (Å²) in [5.41, 5.74) is 1.23. The molecule has 0 saturated heterocycles. The molecule has 112 valence electrons. The first kappa shape index (κ1) is 15.5. The highest BCUT2D eigenvalue weighted by molar-refractivity contribution is 9.10. The minimum absolute atomic E-state index is 0.0482. The molecule has 0 bridgehead atoms. The molecule has 0 aliphatic heterocycles. The van der Waals surface area contributed by atoms with Crippen LogP contribution in [0, 0.1) is 5.41 Å². The zero-order chi connectivity index (χ0) is 14.8. The average molecular weight is 342 g/mol. The highest BCUT2D eigenvalue weighted by Gasteiger charge is 2.27. The average Bonchev–Trinajstić information content (AvgIpc) is 2.41. The lowest BCUT2D eigenvalue weighted by atomic mass is 9.75. The molecule has 0 amide bonds. The number of hydrogen-bond donors (Lipinski definition) is 1. The monoisotopic (exact) mass is 341 g/mol. The molecule has 20 heavy (non-hydrogen) atoms. The van der Waals surface area contributed by atoms with Crippen LogP contribution in [0.5, 0.6) is 0 Å². The van der Waals surface area contributed by atoms with Crippen LogP contribution in [-0.4, -0.2) is 15.8 Å². The molecular weight excluding hydrogens is 318 g/mol. The second-order valence-corrected chi connectivity index (χ2v) is 7.28. The first-order chi connectivity index (χ1) is 9.43. The van der Waals surface area contributed by atoms with Crippen molar-refractivity contribution < 1.29 is 0 Å². The number of rotatable bonds is 4. The van der Waals surface area contributed by atoms with Crippen molar-refractivity contribution in [3.05, 3.63) is 21.0 Å². The molecule has 1 fully saturated rings. The Hall–Kier alpha value is -0.840. The van der Waals surface area contributed by atoms with Crippen molar-refractivity contribution in [3.63, 3.8) is 0 Å². The minimum Gasteiger partial charge on any atom is -0.380 e. The van der Waals surface area contributed by atoms with Crippen LogP contribution in [-0.2, 0) is 6.54 Å². The quantitative estimate of drug-likeness (QED) is 0.905. The van der Waals surface area contributed by atoms with E-state index in [2.05, 4.69) is 40.2 Å². The molecule has 2 rings (SSSR count). The Kier molecular flexibility index (Phi) is 4.89. The van der Waals surface area contributed by atoms with Crippen LogP contribution >= 0.6 is 15.9 Å². The van der Waals surface area contributed by atoms with Gasteiger partial charge in [0.25, 0.3) is 5.56 Å². The molecule has 1 saturated carbocycles. The van der Waals surface area contributed by atoms with Crippen molar-refractivity contribution in [2.45, 2.75) is 65.5 Å². The first-order valence-electron chi connectivity index (χ1n) is 7.45. The van der Waals surface area contributed by atoms with Crippen LogP contribution in [0.15, 0.2) is 15.5 Å². The fourth-order valence-corrected chi connectivity index (χ4v) is 3.12. The lowest BCUT2D eigenvalue weighted by molar-refractivity contribution is 0.232. The summed E-state index contributed by atoms with van der Waals surface area (Å²) >= 11 is 3.41. The van der Waals surface area contributed by atoms with E-state index in [1.165, 1.54) is 17.5 Å². The Balaban J connectivity index is 2.07. The first-order valence-corrected chi connectivity index (χ1v) is 8.24. The number of hydrogen-bond acceptors (Lipinski definition) is 3. The van der Waals surface area contributed by atoms with Crippen molar-refractivity contribution in [1.29, 1.82) is 0 Å². The second kappa shape index (κ2) is 6.29. The van der Waals surface area contributed by atoms with Gasteiger partial charge in [-0.05, 0) is 53.4 Å². The zero-order valence-electron chi connectivity index (χ0n) is 12.6. The third-order valence-electron chi connectivity index (χ3n) is 4.12. The third kappa shape index (κ3) is 3.62. The lowest BCUT2D eigenvalue weighted by Crippen LogP contribution is -2.31. The van der Waals surface area contributed by atoms with Crippen LogP contribution in [0.4, 0.5) is 5.69 Å². The largest absolute Gasteiger partial charge is 0.380 e. The van der Waals surface area contributed by atoms with E-state index in [0.717, 1.165) is 24.9 Å². The van der Waals surface area contributed by atoms with Crippen LogP contribution in [0.3, 0.4) is 0 Å². The van der Waals surface area contributed by atoms with Gasteiger partial charge in [0.2, 0.25) is 0 Å². The van der Waals surface area contributed by atoms with Gasteiger partial charge >= 0.3 is 0 Å².